The highest BCUT2D eigenvalue weighted by atomic mass is 35.5. The van der Waals surface area contributed by atoms with Gasteiger partial charge in [0.1, 0.15) is 6.33 Å². The first kappa shape index (κ1) is 16.3. The number of hydrogen-bond acceptors (Lipinski definition) is 5. The van der Waals surface area contributed by atoms with Crippen LogP contribution < -0.4 is 0 Å². The van der Waals surface area contributed by atoms with E-state index in [-0.39, 0.29) is 12.7 Å². The predicted molar refractivity (Wildman–Crippen MR) is 83.6 cm³/mol. The third-order valence-corrected chi connectivity index (χ3v) is 4.38. The smallest absolute Gasteiger partial charge is 0.190 e. The molecule has 114 valence electrons. The molecule has 0 radical (unpaired) electrons. The molecule has 1 heterocycles. The molecule has 0 amide bonds. The van der Waals surface area contributed by atoms with E-state index in [2.05, 4.69) is 10.2 Å². The van der Waals surface area contributed by atoms with E-state index in [9.17, 15) is 5.11 Å². The molecule has 0 unspecified atom stereocenters. The summed E-state index contributed by atoms with van der Waals surface area (Å²) in [5.74, 6) is 0.514. The van der Waals surface area contributed by atoms with E-state index in [0.29, 0.717) is 10.8 Å². The lowest BCUT2D eigenvalue weighted by Crippen LogP contribution is -2.19. The largest absolute Gasteiger partial charge is 0.390 e. The zero-order valence-corrected chi connectivity index (χ0v) is 13.5. The molecule has 0 fully saturated rings. The summed E-state index contributed by atoms with van der Waals surface area (Å²) in [7, 11) is 1.87. The van der Waals surface area contributed by atoms with Crippen LogP contribution >= 0.6 is 23.4 Å². The van der Waals surface area contributed by atoms with Crippen molar-refractivity contribution in [2.24, 2.45) is 7.05 Å². The zero-order chi connectivity index (χ0) is 15.2. The van der Waals surface area contributed by atoms with Crippen LogP contribution in [0.25, 0.3) is 0 Å². The summed E-state index contributed by atoms with van der Waals surface area (Å²) in [5, 5.41) is 19.2. The van der Waals surface area contributed by atoms with Crippen LogP contribution in [0.1, 0.15) is 18.6 Å². The van der Waals surface area contributed by atoms with Gasteiger partial charge in [-0.1, -0.05) is 35.5 Å². The minimum absolute atomic E-state index is 0.0863. The molecule has 2 atom stereocenters. The van der Waals surface area contributed by atoms with Crippen molar-refractivity contribution in [1.82, 2.24) is 14.8 Å². The summed E-state index contributed by atoms with van der Waals surface area (Å²) in [4.78, 5) is 0. The van der Waals surface area contributed by atoms with E-state index in [1.54, 1.807) is 6.33 Å². The van der Waals surface area contributed by atoms with Crippen LogP contribution in [0.3, 0.4) is 0 Å². The molecule has 0 bridgehead atoms. The number of aliphatic hydroxyl groups excluding tert-OH is 1. The fraction of sp³-hybridized carbons (Fsp3) is 0.429. The van der Waals surface area contributed by atoms with Gasteiger partial charge in [-0.15, -0.1) is 10.2 Å². The normalized spacial score (nSPS) is 14.1. The minimum atomic E-state index is -0.554. The molecule has 1 aromatic heterocycles. The van der Waals surface area contributed by atoms with E-state index in [1.165, 1.54) is 11.8 Å². The van der Waals surface area contributed by atoms with Gasteiger partial charge in [-0.25, -0.2) is 0 Å². The van der Waals surface area contributed by atoms with Crippen molar-refractivity contribution in [3.8, 4) is 0 Å². The zero-order valence-electron chi connectivity index (χ0n) is 11.9. The number of benzene rings is 1. The topological polar surface area (TPSA) is 60.2 Å². The van der Waals surface area contributed by atoms with Gasteiger partial charge in [0.25, 0.3) is 0 Å². The SMILES string of the molecule is C[C@H](OC[C@H](O)CSc1nncn1C)c1ccc(Cl)cc1. The highest BCUT2D eigenvalue weighted by molar-refractivity contribution is 7.99. The molecule has 0 aliphatic heterocycles. The third-order valence-electron chi connectivity index (χ3n) is 2.95. The second kappa shape index (κ2) is 7.79. The van der Waals surface area contributed by atoms with Crippen LogP contribution in [0.4, 0.5) is 0 Å². The Bertz CT molecular complexity index is 562. The van der Waals surface area contributed by atoms with Crippen molar-refractivity contribution in [3.63, 3.8) is 0 Å². The van der Waals surface area contributed by atoms with Crippen LogP contribution in [0.5, 0.6) is 0 Å². The quantitative estimate of drug-likeness (QED) is 0.792. The Hall–Kier alpha value is -1.08. The monoisotopic (exact) mass is 327 g/mol. The average molecular weight is 328 g/mol. The second-order valence-electron chi connectivity index (χ2n) is 4.72. The van der Waals surface area contributed by atoms with Crippen LogP contribution in [0, 0.1) is 0 Å². The molecule has 0 saturated heterocycles. The molecular formula is C14H18ClN3O2S. The number of aryl methyl sites for hydroxylation is 1. The maximum Gasteiger partial charge on any atom is 0.190 e. The summed E-state index contributed by atoms with van der Waals surface area (Å²) in [6, 6.07) is 7.51. The molecule has 21 heavy (non-hydrogen) atoms. The van der Waals surface area contributed by atoms with Gasteiger partial charge in [0.2, 0.25) is 0 Å². The van der Waals surface area contributed by atoms with Gasteiger partial charge in [0.15, 0.2) is 5.16 Å². The molecular weight excluding hydrogens is 310 g/mol. The van der Waals surface area contributed by atoms with Crippen molar-refractivity contribution in [1.29, 1.82) is 0 Å². The van der Waals surface area contributed by atoms with E-state index >= 15 is 0 Å². The van der Waals surface area contributed by atoms with Crippen molar-refractivity contribution < 1.29 is 9.84 Å². The second-order valence-corrected chi connectivity index (χ2v) is 6.14. The maximum absolute atomic E-state index is 9.95. The Morgan fingerprint density at radius 3 is 2.71 bits per heavy atom. The molecule has 0 aliphatic carbocycles. The van der Waals surface area contributed by atoms with Crippen LogP contribution in [-0.4, -0.2) is 38.3 Å². The van der Waals surface area contributed by atoms with Crippen LogP contribution in [0.2, 0.25) is 5.02 Å². The summed E-state index contributed by atoms with van der Waals surface area (Å²) in [5.41, 5.74) is 1.03. The van der Waals surface area contributed by atoms with Gasteiger partial charge in [-0.05, 0) is 24.6 Å². The number of thioether (sulfide) groups is 1. The molecule has 1 aromatic carbocycles. The fourth-order valence-electron chi connectivity index (χ4n) is 1.71. The number of ether oxygens (including phenoxy) is 1. The van der Waals surface area contributed by atoms with Gasteiger partial charge >= 0.3 is 0 Å². The fourth-order valence-corrected chi connectivity index (χ4v) is 2.63. The third kappa shape index (κ3) is 5.00. The van der Waals surface area contributed by atoms with E-state index in [1.807, 2.05) is 42.8 Å². The summed E-state index contributed by atoms with van der Waals surface area (Å²) in [6.45, 7) is 2.22. The Kier molecular flexibility index (Phi) is 6.05. The molecule has 2 rings (SSSR count). The highest BCUT2D eigenvalue weighted by Crippen LogP contribution is 2.20. The Balaban J connectivity index is 1.74. The number of rotatable bonds is 7. The number of halogens is 1. The summed E-state index contributed by atoms with van der Waals surface area (Å²) in [6.07, 6.45) is 0.992. The van der Waals surface area contributed by atoms with Crippen molar-refractivity contribution in [2.45, 2.75) is 24.3 Å². The predicted octanol–water partition coefficient (Wildman–Crippen LogP) is 2.70. The van der Waals surface area contributed by atoms with Crippen LogP contribution in [0.15, 0.2) is 35.7 Å². The van der Waals surface area contributed by atoms with Crippen molar-refractivity contribution >= 4 is 23.4 Å². The van der Waals surface area contributed by atoms with E-state index < -0.39 is 6.10 Å². The molecule has 1 N–H and O–H groups in total. The van der Waals surface area contributed by atoms with E-state index in [4.69, 9.17) is 16.3 Å². The lowest BCUT2D eigenvalue weighted by atomic mass is 10.1. The molecule has 0 spiro atoms. The Morgan fingerprint density at radius 2 is 2.10 bits per heavy atom. The minimum Gasteiger partial charge on any atom is -0.390 e. The lowest BCUT2D eigenvalue weighted by molar-refractivity contribution is 0.00621. The average Bonchev–Trinajstić information content (AvgIpc) is 2.88. The Morgan fingerprint density at radius 1 is 1.38 bits per heavy atom. The molecule has 0 saturated carbocycles. The first-order chi connectivity index (χ1) is 10.1. The number of hydrogen-bond donors (Lipinski definition) is 1. The highest BCUT2D eigenvalue weighted by Gasteiger charge is 2.12. The molecule has 2 aromatic rings. The van der Waals surface area contributed by atoms with Crippen molar-refractivity contribution in [2.75, 3.05) is 12.4 Å². The molecule has 7 heteroatoms. The number of aliphatic hydroxyl groups is 1. The summed E-state index contributed by atoms with van der Waals surface area (Å²) >= 11 is 7.30. The van der Waals surface area contributed by atoms with E-state index in [0.717, 1.165) is 10.7 Å². The van der Waals surface area contributed by atoms with Gasteiger partial charge < -0.3 is 14.4 Å². The van der Waals surface area contributed by atoms with Gasteiger partial charge in [0, 0.05) is 17.8 Å². The number of nitrogens with zero attached hydrogens (tertiary/aromatic N) is 3. The molecule has 5 nitrogen and oxygen atoms in total. The van der Waals surface area contributed by atoms with Gasteiger partial charge in [-0.2, -0.15) is 0 Å². The molecule has 0 aliphatic rings. The first-order valence-corrected chi connectivity index (χ1v) is 7.94. The van der Waals surface area contributed by atoms with Gasteiger partial charge in [-0.3, -0.25) is 0 Å². The summed E-state index contributed by atoms with van der Waals surface area (Å²) < 4.78 is 7.49. The standard InChI is InChI=1S/C14H18ClN3O2S/c1-10(11-3-5-12(15)6-4-11)20-7-13(19)8-21-14-17-16-9-18(14)2/h3-6,9-10,13,19H,7-8H2,1-2H3/t10-,13-/m0/s1. The van der Waals surface area contributed by atoms with Crippen molar-refractivity contribution in [3.05, 3.63) is 41.2 Å². The lowest BCUT2D eigenvalue weighted by Gasteiger charge is -2.16. The van der Waals surface area contributed by atoms with Gasteiger partial charge in [0.05, 0.1) is 18.8 Å². The first-order valence-electron chi connectivity index (χ1n) is 6.58. The number of aromatic nitrogens is 3. The Labute approximate surface area is 133 Å². The maximum atomic E-state index is 9.95. The van der Waals surface area contributed by atoms with Crippen LogP contribution in [-0.2, 0) is 11.8 Å².